The van der Waals surface area contributed by atoms with E-state index in [9.17, 15) is 19.1 Å². The number of phenolic OH excluding ortho intramolecular Hbond substituents is 1. The van der Waals surface area contributed by atoms with E-state index in [1.165, 1.54) is 12.1 Å². The summed E-state index contributed by atoms with van der Waals surface area (Å²) in [5.41, 5.74) is -0.434. The smallest absolute Gasteiger partial charge is 0.258 e. The summed E-state index contributed by atoms with van der Waals surface area (Å²) in [6, 6.07) is 2.92. The van der Waals surface area contributed by atoms with Crippen molar-refractivity contribution in [2.75, 3.05) is 6.54 Å². The fourth-order valence-electron chi connectivity index (χ4n) is 1.88. The first-order valence-electron chi connectivity index (χ1n) is 5.65. The number of nitrogens with one attached hydrogen (secondary N) is 2. The fraction of sp³-hybridized carbons (Fsp3) is 0.333. The summed E-state index contributed by atoms with van der Waals surface area (Å²) < 4.78 is 13.4. The van der Waals surface area contributed by atoms with Crippen molar-refractivity contribution in [2.45, 2.75) is 18.9 Å². The Morgan fingerprint density at radius 2 is 2.28 bits per heavy atom. The molecule has 0 aromatic heterocycles. The largest absolute Gasteiger partial charge is 0.507 e. The van der Waals surface area contributed by atoms with Crippen LogP contribution in [0, 0.1) is 5.82 Å². The highest BCUT2D eigenvalue weighted by Crippen LogP contribution is 2.20. The molecule has 0 bridgehead atoms. The standard InChI is InChI=1S/C12H13FN2O3/c13-7-3-1-5-9(16)10(7)12(18)15-8-4-2-6-14-11(8)17/h1,3,5,8,16H,2,4,6H2,(H,14,17)(H,15,18). The first-order chi connectivity index (χ1) is 8.59. The van der Waals surface area contributed by atoms with Gasteiger partial charge >= 0.3 is 0 Å². The van der Waals surface area contributed by atoms with Crippen LogP contribution >= 0.6 is 0 Å². The van der Waals surface area contributed by atoms with Gasteiger partial charge in [0, 0.05) is 6.54 Å². The van der Waals surface area contributed by atoms with Crippen LogP contribution in [-0.4, -0.2) is 29.5 Å². The van der Waals surface area contributed by atoms with Gasteiger partial charge in [0.1, 0.15) is 23.2 Å². The highest BCUT2D eigenvalue weighted by molar-refractivity contribution is 5.99. The van der Waals surface area contributed by atoms with E-state index in [1.54, 1.807) is 0 Å². The molecular formula is C12H13FN2O3. The predicted molar refractivity (Wildman–Crippen MR) is 61.6 cm³/mol. The molecule has 1 fully saturated rings. The van der Waals surface area contributed by atoms with Crippen molar-refractivity contribution in [3.05, 3.63) is 29.6 Å². The van der Waals surface area contributed by atoms with E-state index >= 15 is 0 Å². The van der Waals surface area contributed by atoms with Gasteiger partial charge in [-0.1, -0.05) is 6.07 Å². The van der Waals surface area contributed by atoms with E-state index in [0.29, 0.717) is 13.0 Å². The second-order valence-corrected chi connectivity index (χ2v) is 4.09. The first kappa shape index (κ1) is 12.3. The minimum Gasteiger partial charge on any atom is -0.507 e. The number of carbonyl (C=O) groups excluding carboxylic acids is 2. The molecule has 1 aliphatic heterocycles. The molecule has 1 aromatic carbocycles. The lowest BCUT2D eigenvalue weighted by Crippen LogP contribution is -2.50. The Morgan fingerprint density at radius 3 is 2.94 bits per heavy atom. The number of rotatable bonds is 2. The lowest BCUT2D eigenvalue weighted by atomic mass is 10.1. The maximum Gasteiger partial charge on any atom is 0.258 e. The number of piperidine rings is 1. The number of hydrogen-bond donors (Lipinski definition) is 3. The first-order valence-corrected chi connectivity index (χ1v) is 5.65. The van der Waals surface area contributed by atoms with E-state index in [2.05, 4.69) is 10.6 Å². The molecule has 1 unspecified atom stereocenters. The van der Waals surface area contributed by atoms with Gasteiger partial charge in [0.2, 0.25) is 5.91 Å². The van der Waals surface area contributed by atoms with Crippen molar-refractivity contribution >= 4 is 11.8 Å². The van der Waals surface area contributed by atoms with Gasteiger partial charge in [0.25, 0.3) is 5.91 Å². The number of halogens is 1. The maximum atomic E-state index is 13.4. The highest BCUT2D eigenvalue weighted by atomic mass is 19.1. The second-order valence-electron chi connectivity index (χ2n) is 4.09. The quantitative estimate of drug-likeness (QED) is 0.718. The molecule has 0 radical (unpaired) electrons. The molecule has 1 saturated heterocycles. The molecule has 1 aromatic rings. The summed E-state index contributed by atoms with van der Waals surface area (Å²) in [4.78, 5) is 23.3. The Labute approximate surface area is 103 Å². The fourth-order valence-corrected chi connectivity index (χ4v) is 1.88. The molecule has 6 heteroatoms. The van der Waals surface area contributed by atoms with Crippen molar-refractivity contribution in [2.24, 2.45) is 0 Å². The summed E-state index contributed by atoms with van der Waals surface area (Å²) in [6.07, 6.45) is 1.26. The second kappa shape index (κ2) is 5.03. The zero-order valence-electron chi connectivity index (χ0n) is 9.57. The van der Waals surface area contributed by atoms with Crippen LogP contribution in [-0.2, 0) is 4.79 Å². The number of amides is 2. The van der Waals surface area contributed by atoms with E-state index in [4.69, 9.17) is 0 Å². The summed E-state index contributed by atoms with van der Waals surface area (Å²) in [6.45, 7) is 0.580. The van der Waals surface area contributed by atoms with Crippen molar-refractivity contribution in [3.63, 3.8) is 0 Å². The van der Waals surface area contributed by atoms with Gasteiger partial charge in [-0.05, 0) is 25.0 Å². The lowest BCUT2D eigenvalue weighted by Gasteiger charge is -2.22. The van der Waals surface area contributed by atoms with Gasteiger partial charge in [-0.25, -0.2) is 4.39 Å². The normalized spacial score (nSPS) is 19.2. The molecule has 0 saturated carbocycles. The number of carbonyl (C=O) groups is 2. The SMILES string of the molecule is O=C(NC1CCCNC1=O)c1c(O)cccc1F. The van der Waals surface area contributed by atoms with Crippen LogP contribution in [0.5, 0.6) is 5.75 Å². The number of phenols is 1. The minimum atomic E-state index is -0.816. The Kier molecular flexibility index (Phi) is 3.45. The molecule has 18 heavy (non-hydrogen) atoms. The van der Waals surface area contributed by atoms with Crippen LogP contribution in [0.2, 0.25) is 0 Å². The molecule has 1 atom stereocenters. The molecule has 5 nitrogen and oxygen atoms in total. The van der Waals surface area contributed by atoms with Gasteiger partial charge in [0.05, 0.1) is 0 Å². The maximum absolute atomic E-state index is 13.4. The predicted octanol–water partition coefficient (Wildman–Crippen LogP) is 0.540. The number of hydrogen-bond acceptors (Lipinski definition) is 3. The zero-order valence-corrected chi connectivity index (χ0v) is 9.57. The molecule has 2 amide bonds. The third-order valence-corrected chi connectivity index (χ3v) is 2.81. The summed E-state index contributed by atoms with van der Waals surface area (Å²) in [7, 11) is 0. The van der Waals surface area contributed by atoms with Crippen molar-refractivity contribution < 1.29 is 19.1 Å². The molecule has 2 rings (SSSR count). The Morgan fingerprint density at radius 1 is 1.50 bits per heavy atom. The van der Waals surface area contributed by atoms with Gasteiger partial charge in [-0.15, -0.1) is 0 Å². The average molecular weight is 252 g/mol. The molecule has 3 N–H and O–H groups in total. The van der Waals surface area contributed by atoms with Gasteiger partial charge < -0.3 is 15.7 Å². The van der Waals surface area contributed by atoms with Crippen LogP contribution in [0.4, 0.5) is 4.39 Å². The minimum absolute atomic E-state index is 0.287. The molecule has 0 aliphatic carbocycles. The molecule has 1 aliphatic rings. The summed E-state index contributed by atoms with van der Waals surface area (Å²) >= 11 is 0. The van der Waals surface area contributed by atoms with E-state index < -0.39 is 29.1 Å². The monoisotopic (exact) mass is 252 g/mol. The molecule has 0 spiro atoms. The van der Waals surface area contributed by atoms with Crippen molar-refractivity contribution in [3.8, 4) is 5.75 Å². The van der Waals surface area contributed by atoms with Crippen molar-refractivity contribution in [1.82, 2.24) is 10.6 Å². The van der Waals surface area contributed by atoms with E-state index in [0.717, 1.165) is 12.5 Å². The summed E-state index contributed by atoms with van der Waals surface area (Å²) in [5.74, 6) is -2.33. The van der Waals surface area contributed by atoms with Crippen LogP contribution in [0.1, 0.15) is 23.2 Å². The van der Waals surface area contributed by atoms with Crippen LogP contribution in [0.3, 0.4) is 0 Å². The lowest BCUT2D eigenvalue weighted by molar-refractivity contribution is -0.124. The summed E-state index contributed by atoms with van der Waals surface area (Å²) in [5, 5.41) is 14.5. The third kappa shape index (κ3) is 2.42. The van der Waals surface area contributed by atoms with Crippen molar-refractivity contribution in [1.29, 1.82) is 0 Å². The number of aromatic hydroxyl groups is 1. The van der Waals surface area contributed by atoms with Crippen LogP contribution < -0.4 is 10.6 Å². The highest BCUT2D eigenvalue weighted by Gasteiger charge is 2.26. The Hall–Kier alpha value is -2.11. The molecule has 96 valence electrons. The van der Waals surface area contributed by atoms with Gasteiger partial charge in [-0.2, -0.15) is 0 Å². The van der Waals surface area contributed by atoms with E-state index in [-0.39, 0.29) is 5.91 Å². The van der Waals surface area contributed by atoms with Crippen LogP contribution in [0.25, 0.3) is 0 Å². The van der Waals surface area contributed by atoms with E-state index in [1.807, 2.05) is 0 Å². The van der Waals surface area contributed by atoms with Crippen LogP contribution in [0.15, 0.2) is 18.2 Å². The Bertz CT molecular complexity index is 470. The molecule has 1 heterocycles. The average Bonchev–Trinajstić information content (AvgIpc) is 2.32. The van der Waals surface area contributed by atoms with Gasteiger partial charge in [0.15, 0.2) is 0 Å². The molecular weight excluding hydrogens is 239 g/mol. The number of benzene rings is 1. The Balaban J connectivity index is 2.14. The topological polar surface area (TPSA) is 78.4 Å². The third-order valence-electron chi connectivity index (χ3n) is 2.81. The zero-order chi connectivity index (χ0) is 13.1. The van der Waals surface area contributed by atoms with Gasteiger partial charge in [-0.3, -0.25) is 9.59 Å².